The molecule has 2 heterocycles. The average molecular weight is 485 g/mol. The third-order valence-corrected chi connectivity index (χ3v) is 6.15. The highest BCUT2D eigenvalue weighted by molar-refractivity contribution is 6.32. The van der Waals surface area contributed by atoms with Crippen molar-refractivity contribution in [3.8, 4) is 0 Å². The zero-order chi connectivity index (χ0) is 24.4. The van der Waals surface area contributed by atoms with E-state index in [2.05, 4.69) is 10.4 Å². The molecule has 2 aliphatic rings. The van der Waals surface area contributed by atoms with Gasteiger partial charge in [-0.25, -0.2) is 9.91 Å². The summed E-state index contributed by atoms with van der Waals surface area (Å²) in [6.07, 6.45) is 1.77. The molecule has 35 heavy (non-hydrogen) atoms. The summed E-state index contributed by atoms with van der Waals surface area (Å²) in [5, 5.41) is 9.43. The number of carbonyl (C=O) groups is 3. The molecular formula is C27H21ClN4O3. The van der Waals surface area contributed by atoms with Gasteiger partial charge in [-0.05, 0) is 35.4 Å². The molecule has 1 N–H and O–H groups in total. The second-order valence-electron chi connectivity index (χ2n) is 8.15. The Labute approximate surface area is 207 Å². The first-order chi connectivity index (χ1) is 17.0. The summed E-state index contributed by atoms with van der Waals surface area (Å²) in [7, 11) is 0. The Hall–Kier alpha value is -4.23. The van der Waals surface area contributed by atoms with Crippen molar-refractivity contribution in [1.82, 2.24) is 10.3 Å². The van der Waals surface area contributed by atoms with Gasteiger partial charge in [-0.1, -0.05) is 72.3 Å². The first kappa shape index (κ1) is 22.6. The third-order valence-electron chi connectivity index (χ3n) is 5.89. The fraction of sp³-hybridized carbons (Fsp3) is 0.111. The van der Waals surface area contributed by atoms with E-state index >= 15 is 0 Å². The van der Waals surface area contributed by atoms with Gasteiger partial charge in [0, 0.05) is 17.5 Å². The molecule has 0 spiro atoms. The molecular weight excluding hydrogens is 464 g/mol. The summed E-state index contributed by atoms with van der Waals surface area (Å²) in [6, 6.07) is 25.6. The van der Waals surface area contributed by atoms with E-state index in [0.29, 0.717) is 17.1 Å². The Bertz CT molecular complexity index is 1340. The molecule has 0 bridgehead atoms. The molecule has 0 unspecified atom stereocenters. The van der Waals surface area contributed by atoms with Crippen LogP contribution in [-0.2, 0) is 14.4 Å². The Morgan fingerprint density at radius 1 is 0.943 bits per heavy atom. The number of halogens is 1. The highest BCUT2D eigenvalue weighted by Gasteiger charge is 2.35. The van der Waals surface area contributed by atoms with Crippen LogP contribution >= 0.6 is 11.6 Å². The van der Waals surface area contributed by atoms with Crippen LogP contribution in [0.2, 0.25) is 5.02 Å². The molecule has 1 atom stereocenters. The molecule has 3 amide bonds. The van der Waals surface area contributed by atoms with E-state index in [1.54, 1.807) is 24.3 Å². The lowest BCUT2D eigenvalue weighted by Gasteiger charge is -2.22. The highest BCUT2D eigenvalue weighted by atomic mass is 35.5. The highest BCUT2D eigenvalue weighted by Crippen LogP contribution is 2.32. The van der Waals surface area contributed by atoms with Crippen LogP contribution in [-0.4, -0.2) is 35.0 Å². The smallest absolute Gasteiger partial charge is 0.281 e. The summed E-state index contributed by atoms with van der Waals surface area (Å²) >= 11 is 5.91. The quantitative estimate of drug-likeness (QED) is 0.535. The van der Waals surface area contributed by atoms with Crippen molar-refractivity contribution in [2.24, 2.45) is 5.10 Å². The van der Waals surface area contributed by atoms with Crippen molar-refractivity contribution in [3.63, 3.8) is 0 Å². The number of nitrogens with zero attached hydrogens (tertiary/aromatic N) is 3. The summed E-state index contributed by atoms with van der Waals surface area (Å²) < 4.78 is 0. The van der Waals surface area contributed by atoms with Gasteiger partial charge in [0.05, 0.1) is 24.0 Å². The van der Waals surface area contributed by atoms with Crippen LogP contribution in [0.4, 0.5) is 5.69 Å². The van der Waals surface area contributed by atoms with E-state index in [9.17, 15) is 14.4 Å². The molecule has 0 saturated heterocycles. The van der Waals surface area contributed by atoms with E-state index < -0.39 is 11.8 Å². The normalized spacial score (nSPS) is 17.5. The minimum Gasteiger partial charge on any atom is -0.371 e. The molecule has 0 saturated carbocycles. The van der Waals surface area contributed by atoms with E-state index in [4.69, 9.17) is 11.6 Å². The minimum atomic E-state index is -0.528. The monoisotopic (exact) mass is 484 g/mol. The topological polar surface area (TPSA) is 82.1 Å². The number of hydrogen-bond donors (Lipinski definition) is 1. The van der Waals surface area contributed by atoms with Crippen molar-refractivity contribution in [2.45, 2.75) is 12.5 Å². The fourth-order valence-electron chi connectivity index (χ4n) is 4.16. The maximum atomic E-state index is 13.2. The van der Waals surface area contributed by atoms with Crippen molar-refractivity contribution in [2.75, 3.05) is 11.4 Å². The van der Waals surface area contributed by atoms with Crippen molar-refractivity contribution in [1.29, 1.82) is 0 Å². The first-order valence-corrected chi connectivity index (χ1v) is 11.5. The number of hydrazone groups is 1. The maximum Gasteiger partial charge on any atom is 0.281 e. The van der Waals surface area contributed by atoms with Crippen molar-refractivity contribution < 1.29 is 14.4 Å². The van der Waals surface area contributed by atoms with Gasteiger partial charge in [-0.2, -0.15) is 5.10 Å². The van der Waals surface area contributed by atoms with Gasteiger partial charge < -0.3 is 5.32 Å². The Morgan fingerprint density at radius 3 is 2.29 bits per heavy atom. The molecule has 2 aliphatic heterocycles. The van der Waals surface area contributed by atoms with Gasteiger partial charge in [0.25, 0.3) is 17.7 Å². The minimum absolute atomic E-state index is 0.0565. The van der Waals surface area contributed by atoms with Crippen LogP contribution in [0.5, 0.6) is 0 Å². The molecule has 0 radical (unpaired) electrons. The van der Waals surface area contributed by atoms with Gasteiger partial charge >= 0.3 is 0 Å². The lowest BCUT2D eigenvalue weighted by atomic mass is 9.98. The van der Waals surface area contributed by atoms with Gasteiger partial charge in [-0.3, -0.25) is 14.4 Å². The van der Waals surface area contributed by atoms with Crippen molar-refractivity contribution >= 4 is 40.7 Å². The van der Waals surface area contributed by atoms with Crippen molar-refractivity contribution in [3.05, 3.63) is 113 Å². The van der Waals surface area contributed by atoms with E-state index in [1.807, 2.05) is 60.7 Å². The number of hydrogen-bond acceptors (Lipinski definition) is 5. The largest absolute Gasteiger partial charge is 0.371 e. The van der Waals surface area contributed by atoms with Crippen LogP contribution in [0.15, 0.2) is 102 Å². The number of nitrogens with one attached hydrogen (secondary N) is 1. The molecule has 0 aromatic heterocycles. The molecule has 3 aromatic rings. The predicted molar refractivity (Wildman–Crippen MR) is 134 cm³/mol. The Balaban J connectivity index is 1.32. The molecule has 8 heteroatoms. The van der Waals surface area contributed by atoms with Gasteiger partial charge in [-0.15, -0.1) is 0 Å². The van der Waals surface area contributed by atoms with Crippen LogP contribution in [0.1, 0.15) is 23.6 Å². The van der Waals surface area contributed by atoms with E-state index in [0.717, 1.165) is 21.7 Å². The van der Waals surface area contributed by atoms with Crippen LogP contribution in [0.3, 0.4) is 0 Å². The molecule has 0 aliphatic carbocycles. The second-order valence-corrected chi connectivity index (χ2v) is 8.58. The molecule has 3 aromatic carbocycles. The molecule has 174 valence electrons. The number of benzene rings is 3. The molecule has 5 rings (SSSR count). The lowest BCUT2D eigenvalue weighted by molar-refractivity contribution is -0.131. The van der Waals surface area contributed by atoms with E-state index in [1.165, 1.54) is 11.1 Å². The number of anilines is 1. The van der Waals surface area contributed by atoms with E-state index in [-0.39, 0.29) is 24.2 Å². The zero-order valence-corrected chi connectivity index (χ0v) is 19.4. The summed E-state index contributed by atoms with van der Waals surface area (Å²) in [4.78, 5) is 39.6. The Kier molecular flexibility index (Phi) is 6.16. The van der Waals surface area contributed by atoms with Gasteiger partial charge in [0.1, 0.15) is 5.70 Å². The maximum absolute atomic E-state index is 13.2. The first-order valence-electron chi connectivity index (χ1n) is 11.1. The van der Waals surface area contributed by atoms with Crippen LogP contribution in [0.25, 0.3) is 0 Å². The zero-order valence-electron chi connectivity index (χ0n) is 18.6. The standard InChI is InChI=1S/C27H21ClN4O3/c28-20-11-13-21(14-12-20)31-25(33)16-23(27(31)35)29-17-26(34)32-24(19-9-5-2-6-10-19)15-22(30-32)18-7-3-1-4-8-18/h1-14,16,24,29H,15,17H2/t24-/m1/s1. The number of imide groups is 1. The average Bonchev–Trinajstić information content (AvgIpc) is 3.45. The van der Waals surface area contributed by atoms with Crippen LogP contribution in [0, 0.1) is 0 Å². The fourth-order valence-corrected chi connectivity index (χ4v) is 4.29. The number of rotatable bonds is 6. The predicted octanol–water partition coefficient (Wildman–Crippen LogP) is 4.06. The van der Waals surface area contributed by atoms with Gasteiger partial charge in [0.2, 0.25) is 0 Å². The van der Waals surface area contributed by atoms with Crippen LogP contribution < -0.4 is 10.2 Å². The number of amides is 3. The Morgan fingerprint density at radius 2 is 1.60 bits per heavy atom. The summed E-state index contributed by atoms with van der Waals surface area (Å²) in [6.45, 7) is -0.186. The molecule has 0 fully saturated rings. The summed E-state index contributed by atoms with van der Waals surface area (Å²) in [5.74, 6) is -1.32. The third kappa shape index (κ3) is 4.58. The number of carbonyl (C=O) groups excluding carboxylic acids is 3. The van der Waals surface area contributed by atoms with Gasteiger partial charge in [0.15, 0.2) is 0 Å². The SMILES string of the molecule is O=C1C=C(NCC(=O)N2N=C(c3ccccc3)C[C@@H]2c2ccccc2)C(=O)N1c1ccc(Cl)cc1. The lowest BCUT2D eigenvalue weighted by Crippen LogP contribution is -2.38. The summed E-state index contributed by atoms with van der Waals surface area (Å²) in [5.41, 5.74) is 3.20. The second kappa shape index (κ2) is 9.56. The molecule has 7 nitrogen and oxygen atoms in total.